The number of nitrogens with zero attached hydrogens (tertiary/aromatic N) is 1. The smallest absolute Gasteiger partial charge is 0.242 e. The third kappa shape index (κ3) is 5.53. The van der Waals surface area contributed by atoms with Gasteiger partial charge in [-0.2, -0.15) is 0 Å². The van der Waals surface area contributed by atoms with Gasteiger partial charge in [0.2, 0.25) is 11.8 Å². The molecule has 4 nitrogen and oxygen atoms in total. The zero-order chi connectivity index (χ0) is 16.7. The molecule has 126 valence electrons. The summed E-state index contributed by atoms with van der Waals surface area (Å²) in [5, 5.41) is 2.93. The fraction of sp³-hybridized carbons (Fsp3) is 0.529. The summed E-state index contributed by atoms with van der Waals surface area (Å²) in [6, 6.07) is 6.09. The maximum atomic E-state index is 12.8. The largest absolute Gasteiger partial charge is 0.354 e. The molecule has 1 aliphatic heterocycles. The van der Waals surface area contributed by atoms with Gasteiger partial charge in [0.1, 0.15) is 11.9 Å². The number of amides is 2. The number of piperidine rings is 1. The monoisotopic (exact) mass is 338 g/mol. The van der Waals surface area contributed by atoms with Gasteiger partial charge in [-0.25, -0.2) is 4.39 Å². The summed E-state index contributed by atoms with van der Waals surface area (Å²) in [4.78, 5) is 26.5. The molecule has 6 heteroatoms. The van der Waals surface area contributed by atoms with Crippen molar-refractivity contribution in [2.45, 2.75) is 43.5 Å². The molecule has 0 bridgehead atoms. The van der Waals surface area contributed by atoms with Crippen LogP contribution in [0, 0.1) is 5.82 Å². The molecule has 0 aromatic heterocycles. The van der Waals surface area contributed by atoms with Gasteiger partial charge in [-0.15, -0.1) is 11.8 Å². The molecular formula is C17H23FN2O2S. The highest BCUT2D eigenvalue weighted by molar-refractivity contribution is 7.99. The quantitative estimate of drug-likeness (QED) is 0.641. The minimum absolute atomic E-state index is 0.0308. The van der Waals surface area contributed by atoms with Crippen molar-refractivity contribution in [3.05, 3.63) is 30.1 Å². The van der Waals surface area contributed by atoms with E-state index in [1.54, 1.807) is 28.8 Å². The van der Waals surface area contributed by atoms with E-state index in [1.165, 1.54) is 19.1 Å². The van der Waals surface area contributed by atoms with Crippen molar-refractivity contribution in [3.63, 3.8) is 0 Å². The molecule has 0 radical (unpaired) electrons. The number of nitrogens with one attached hydrogen (secondary N) is 1. The lowest BCUT2D eigenvalue weighted by Crippen LogP contribution is -2.51. The van der Waals surface area contributed by atoms with Crippen LogP contribution in [-0.4, -0.2) is 41.6 Å². The summed E-state index contributed by atoms with van der Waals surface area (Å²) in [7, 11) is 0. The van der Waals surface area contributed by atoms with Gasteiger partial charge in [0.15, 0.2) is 0 Å². The predicted octanol–water partition coefficient (Wildman–Crippen LogP) is 2.83. The summed E-state index contributed by atoms with van der Waals surface area (Å²) in [5.74, 6) is 0.542. The number of thioether (sulfide) groups is 1. The number of likely N-dealkylation sites (tertiary alicyclic amines) is 1. The highest BCUT2D eigenvalue weighted by Crippen LogP contribution is 2.19. The van der Waals surface area contributed by atoms with Crippen LogP contribution in [0.25, 0.3) is 0 Å². The van der Waals surface area contributed by atoms with Crippen molar-refractivity contribution in [1.82, 2.24) is 10.2 Å². The van der Waals surface area contributed by atoms with Crippen LogP contribution in [0.2, 0.25) is 0 Å². The van der Waals surface area contributed by atoms with Crippen molar-refractivity contribution < 1.29 is 14.0 Å². The van der Waals surface area contributed by atoms with Crippen molar-refractivity contribution in [3.8, 4) is 0 Å². The highest BCUT2D eigenvalue weighted by atomic mass is 32.2. The normalized spacial score (nSPS) is 17.8. The number of halogens is 1. The van der Waals surface area contributed by atoms with Gasteiger partial charge in [0.05, 0.1) is 0 Å². The molecule has 1 aromatic rings. The molecule has 0 spiro atoms. The Morgan fingerprint density at radius 2 is 2.04 bits per heavy atom. The van der Waals surface area contributed by atoms with E-state index >= 15 is 0 Å². The predicted molar refractivity (Wildman–Crippen MR) is 89.8 cm³/mol. The highest BCUT2D eigenvalue weighted by Gasteiger charge is 2.29. The van der Waals surface area contributed by atoms with Gasteiger partial charge < -0.3 is 10.2 Å². The minimum Gasteiger partial charge on any atom is -0.354 e. The molecule has 0 aliphatic carbocycles. The summed E-state index contributed by atoms with van der Waals surface area (Å²) < 4.78 is 12.8. The van der Waals surface area contributed by atoms with E-state index in [1.807, 2.05) is 0 Å². The zero-order valence-corrected chi connectivity index (χ0v) is 14.2. The van der Waals surface area contributed by atoms with Crippen LogP contribution >= 0.6 is 11.8 Å². The van der Waals surface area contributed by atoms with Crippen LogP contribution in [0.5, 0.6) is 0 Å². The fourth-order valence-electron chi connectivity index (χ4n) is 2.70. The third-order valence-electron chi connectivity index (χ3n) is 3.91. The lowest BCUT2D eigenvalue weighted by atomic mass is 10.0. The molecule has 0 saturated carbocycles. The SMILES string of the molecule is CC(=O)N1CCCCC1C(=O)NCCCSc1ccc(F)cc1. The van der Waals surface area contributed by atoms with E-state index in [2.05, 4.69) is 5.32 Å². The fourth-order valence-corrected chi connectivity index (χ4v) is 3.56. The Morgan fingerprint density at radius 1 is 1.30 bits per heavy atom. The second-order valence-electron chi connectivity index (χ2n) is 5.67. The molecule has 1 fully saturated rings. The summed E-state index contributed by atoms with van der Waals surface area (Å²) in [5.41, 5.74) is 0. The minimum atomic E-state index is -0.314. The average Bonchev–Trinajstić information content (AvgIpc) is 2.56. The first kappa shape index (κ1) is 17.8. The first-order valence-electron chi connectivity index (χ1n) is 8.01. The lowest BCUT2D eigenvalue weighted by Gasteiger charge is -2.33. The van der Waals surface area contributed by atoms with E-state index < -0.39 is 0 Å². The zero-order valence-electron chi connectivity index (χ0n) is 13.4. The van der Waals surface area contributed by atoms with E-state index in [4.69, 9.17) is 0 Å². The van der Waals surface area contributed by atoms with Gasteiger partial charge in [-0.1, -0.05) is 0 Å². The number of hydrogen-bond donors (Lipinski definition) is 1. The van der Waals surface area contributed by atoms with Gasteiger partial charge in [0.25, 0.3) is 0 Å². The van der Waals surface area contributed by atoms with Gasteiger partial charge in [0, 0.05) is 24.9 Å². The molecule has 1 unspecified atom stereocenters. The summed E-state index contributed by atoms with van der Waals surface area (Å²) in [6.07, 6.45) is 3.54. The number of benzene rings is 1. The molecule has 2 amide bonds. The Bertz CT molecular complexity index is 536. The second-order valence-corrected chi connectivity index (χ2v) is 6.84. The van der Waals surface area contributed by atoms with Crippen LogP contribution in [0.1, 0.15) is 32.6 Å². The number of rotatable bonds is 6. The Hall–Kier alpha value is -1.56. The molecule has 1 atom stereocenters. The van der Waals surface area contributed by atoms with Crippen LogP contribution in [0.3, 0.4) is 0 Å². The van der Waals surface area contributed by atoms with Crippen LogP contribution in [0.4, 0.5) is 4.39 Å². The Labute approximate surface area is 140 Å². The summed E-state index contributed by atoms with van der Waals surface area (Å²) in [6.45, 7) is 2.79. The van der Waals surface area contributed by atoms with Gasteiger partial charge in [-0.05, 0) is 55.7 Å². The molecule has 1 N–H and O–H groups in total. The molecule has 1 saturated heterocycles. The van der Waals surface area contributed by atoms with Crippen molar-refractivity contribution >= 4 is 23.6 Å². The van der Waals surface area contributed by atoms with Gasteiger partial charge >= 0.3 is 0 Å². The molecule has 2 rings (SSSR count). The number of carbonyl (C=O) groups is 2. The third-order valence-corrected chi connectivity index (χ3v) is 5.01. The maximum Gasteiger partial charge on any atom is 0.242 e. The van der Waals surface area contributed by atoms with Gasteiger partial charge in [-0.3, -0.25) is 9.59 Å². The van der Waals surface area contributed by atoms with E-state index in [-0.39, 0.29) is 23.7 Å². The van der Waals surface area contributed by atoms with Crippen LogP contribution in [0.15, 0.2) is 29.2 Å². The van der Waals surface area contributed by atoms with Crippen LogP contribution < -0.4 is 5.32 Å². The molecule has 1 aromatic carbocycles. The first-order chi connectivity index (χ1) is 11.1. The Morgan fingerprint density at radius 3 is 2.74 bits per heavy atom. The van der Waals surface area contributed by atoms with E-state index in [0.29, 0.717) is 13.1 Å². The Kier molecular flexibility index (Phi) is 6.89. The van der Waals surface area contributed by atoms with E-state index in [9.17, 15) is 14.0 Å². The number of hydrogen-bond acceptors (Lipinski definition) is 3. The molecular weight excluding hydrogens is 315 g/mol. The Balaban J connectivity index is 1.67. The van der Waals surface area contributed by atoms with Crippen molar-refractivity contribution in [2.24, 2.45) is 0 Å². The maximum absolute atomic E-state index is 12.8. The van der Waals surface area contributed by atoms with Crippen molar-refractivity contribution in [1.29, 1.82) is 0 Å². The first-order valence-corrected chi connectivity index (χ1v) is 9.00. The molecule has 1 heterocycles. The summed E-state index contributed by atoms with van der Waals surface area (Å²) >= 11 is 1.64. The standard InChI is InChI=1S/C17H23FN2O2S/c1-13(21)20-11-3-2-5-16(20)17(22)19-10-4-12-23-15-8-6-14(18)7-9-15/h6-9,16H,2-5,10-12H2,1H3,(H,19,22). The second kappa shape index (κ2) is 8.91. The lowest BCUT2D eigenvalue weighted by molar-refractivity contribution is -0.140. The van der Waals surface area contributed by atoms with Crippen LogP contribution in [-0.2, 0) is 9.59 Å². The topological polar surface area (TPSA) is 49.4 Å². The average molecular weight is 338 g/mol. The number of carbonyl (C=O) groups excluding carboxylic acids is 2. The molecule has 23 heavy (non-hydrogen) atoms. The molecule has 1 aliphatic rings. The van der Waals surface area contributed by atoms with E-state index in [0.717, 1.165) is 36.3 Å². The van der Waals surface area contributed by atoms with Crippen molar-refractivity contribution in [2.75, 3.05) is 18.8 Å².